The van der Waals surface area contributed by atoms with Crippen LogP contribution >= 0.6 is 0 Å². The van der Waals surface area contributed by atoms with Crippen LogP contribution in [0.1, 0.15) is 10.4 Å². The predicted molar refractivity (Wildman–Crippen MR) is 74.4 cm³/mol. The molecule has 1 aliphatic heterocycles. The smallest absolute Gasteiger partial charge is 0.251 e. The Labute approximate surface area is 117 Å². The second-order valence-corrected chi connectivity index (χ2v) is 4.55. The summed E-state index contributed by atoms with van der Waals surface area (Å²) in [5.41, 5.74) is 0.542. The van der Waals surface area contributed by atoms with Crippen molar-refractivity contribution < 1.29 is 14.3 Å². The van der Waals surface area contributed by atoms with Crippen molar-refractivity contribution in [3.05, 3.63) is 35.9 Å². The van der Waals surface area contributed by atoms with Crippen molar-refractivity contribution in [2.75, 3.05) is 32.8 Å². The van der Waals surface area contributed by atoms with Gasteiger partial charge in [-0.15, -0.1) is 0 Å². The van der Waals surface area contributed by atoms with Crippen LogP contribution in [0.4, 0.5) is 0 Å². The third-order valence-electron chi connectivity index (χ3n) is 2.98. The van der Waals surface area contributed by atoms with Crippen LogP contribution in [-0.4, -0.2) is 50.7 Å². The molecule has 0 aromatic heterocycles. The lowest BCUT2D eigenvalue weighted by molar-refractivity contribution is -0.120. The molecule has 0 aliphatic carbocycles. The highest BCUT2D eigenvalue weighted by Gasteiger charge is 2.14. The zero-order valence-electron chi connectivity index (χ0n) is 11.2. The lowest BCUT2D eigenvalue weighted by Crippen LogP contribution is -2.47. The Morgan fingerprint density at radius 2 is 2.05 bits per heavy atom. The van der Waals surface area contributed by atoms with Gasteiger partial charge in [0.25, 0.3) is 5.91 Å². The molecule has 2 rings (SSSR count). The normalized spacial score (nSPS) is 18.3. The van der Waals surface area contributed by atoms with Gasteiger partial charge >= 0.3 is 0 Å². The third-order valence-corrected chi connectivity index (χ3v) is 2.98. The topological polar surface area (TPSA) is 79.5 Å². The van der Waals surface area contributed by atoms with Crippen molar-refractivity contribution in [1.82, 2.24) is 16.0 Å². The predicted octanol–water partition coefficient (Wildman–Crippen LogP) is -0.479. The Morgan fingerprint density at radius 1 is 1.25 bits per heavy atom. The molecule has 2 amide bonds. The number of carbonyl (C=O) groups is 2. The van der Waals surface area contributed by atoms with Gasteiger partial charge < -0.3 is 20.7 Å². The average Bonchev–Trinajstić information content (AvgIpc) is 2.52. The fraction of sp³-hybridized carbons (Fsp3) is 0.429. The number of carbonyl (C=O) groups excluding carboxylic acids is 2. The van der Waals surface area contributed by atoms with Crippen LogP contribution in [0.15, 0.2) is 30.3 Å². The van der Waals surface area contributed by atoms with E-state index in [2.05, 4.69) is 16.0 Å². The lowest BCUT2D eigenvalue weighted by atomic mass is 10.2. The summed E-state index contributed by atoms with van der Waals surface area (Å²) < 4.78 is 5.46. The molecule has 6 heteroatoms. The Hall–Kier alpha value is -1.92. The molecule has 0 bridgehead atoms. The lowest BCUT2D eigenvalue weighted by Gasteiger charge is -2.23. The molecule has 1 fully saturated rings. The van der Waals surface area contributed by atoms with Gasteiger partial charge in [-0.2, -0.15) is 0 Å². The molecule has 3 N–H and O–H groups in total. The molecule has 1 aromatic carbocycles. The van der Waals surface area contributed by atoms with E-state index in [1.165, 1.54) is 0 Å². The van der Waals surface area contributed by atoms with Gasteiger partial charge in [0.2, 0.25) is 5.91 Å². The molecule has 20 heavy (non-hydrogen) atoms. The van der Waals surface area contributed by atoms with E-state index in [0.717, 1.165) is 13.1 Å². The molecule has 1 saturated heterocycles. The van der Waals surface area contributed by atoms with Crippen LogP contribution in [0.2, 0.25) is 0 Å². The van der Waals surface area contributed by atoms with Gasteiger partial charge in [-0.1, -0.05) is 18.2 Å². The van der Waals surface area contributed by atoms with E-state index in [9.17, 15) is 9.59 Å². The highest BCUT2D eigenvalue weighted by molar-refractivity contribution is 5.96. The Morgan fingerprint density at radius 3 is 2.75 bits per heavy atom. The van der Waals surface area contributed by atoms with Crippen molar-refractivity contribution >= 4 is 11.8 Å². The van der Waals surface area contributed by atoms with Gasteiger partial charge in [-0.25, -0.2) is 0 Å². The first-order chi connectivity index (χ1) is 9.75. The molecule has 6 nitrogen and oxygen atoms in total. The summed E-state index contributed by atoms with van der Waals surface area (Å²) >= 11 is 0. The maximum Gasteiger partial charge on any atom is 0.251 e. The quantitative estimate of drug-likeness (QED) is 0.679. The Kier molecular flexibility index (Phi) is 5.52. The molecular formula is C14H19N3O3. The molecular weight excluding hydrogens is 258 g/mol. The SMILES string of the molecule is O=C(CNC(=O)c1ccccc1)NCC1CNCCO1. The summed E-state index contributed by atoms with van der Waals surface area (Å²) in [6.07, 6.45) is -0.00229. The van der Waals surface area contributed by atoms with Crippen LogP contribution in [0.25, 0.3) is 0 Å². The Bertz CT molecular complexity index is 444. The van der Waals surface area contributed by atoms with Crippen molar-refractivity contribution in [2.45, 2.75) is 6.10 Å². The number of hydrogen-bond acceptors (Lipinski definition) is 4. The highest BCUT2D eigenvalue weighted by atomic mass is 16.5. The largest absolute Gasteiger partial charge is 0.374 e. The first kappa shape index (κ1) is 14.5. The van der Waals surface area contributed by atoms with Crippen LogP contribution in [0.3, 0.4) is 0 Å². The summed E-state index contributed by atoms with van der Waals surface area (Å²) in [6.45, 7) is 2.65. The van der Waals surface area contributed by atoms with Crippen molar-refractivity contribution in [2.24, 2.45) is 0 Å². The van der Waals surface area contributed by atoms with Crippen LogP contribution in [0.5, 0.6) is 0 Å². The molecule has 0 spiro atoms. The third kappa shape index (κ3) is 4.64. The van der Waals surface area contributed by atoms with Gasteiger partial charge in [0.05, 0.1) is 19.3 Å². The van der Waals surface area contributed by atoms with Gasteiger partial charge in [0.1, 0.15) is 0 Å². The molecule has 1 unspecified atom stereocenters. The van der Waals surface area contributed by atoms with E-state index < -0.39 is 0 Å². The van der Waals surface area contributed by atoms with E-state index in [4.69, 9.17) is 4.74 Å². The number of rotatable bonds is 5. The van der Waals surface area contributed by atoms with Gasteiger partial charge in [-0.3, -0.25) is 9.59 Å². The summed E-state index contributed by atoms with van der Waals surface area (Å²) in [5, 5.41) is 8.50. The monoisotopic (exact) mass is 277 g/mol. The number of ether oxygens (including phenoxy) is 1. The zero-order valence-corrected chi connectivity index (χ0v) is 11.2. The summed E-state index contributed by atoms with van der Waals surface area (Å²) in [5.74, 6) is -0.472. The zero-order chi connectivity index (χ0) is 14.2. The van der Waals surface area contributed by atoms with Crippen molar-refractivity contribution in [3.8, 4) is 0 Å². The van der Waals surface area contributed by atoms with E-state index in [0.29, 0.717) is 18.7 Å². The highest BCUT2D eigenvalue weighted by Crippen LogP contribution is 1.97. The second-order valence-electron chi connectivity index (χ2n) is 4.55. The summed E-state index contributed by atoms with van der Waals surface area (Å²) in [4.78, 5) is 23.3. The first-order valence-electron chi connectivity index (χ1n) is 6.68. The van der Waals surface area contributed by atoms with Crippen molar-refractivity contribution in [1.29, 1.82) is 0 Å². The maximum absolute atomic E-state index is 11.7. The fourth-order valence-corrected chi connectivity index (χ4v) is 1.89. The molecule has 1 aromatic rings. The van der Waals surface area contributed by atoms with Gasteiger partial charge in [-0.05, 0) is 12.1 Å². The maximum atomic E-state index is 11.7. The van der Waals surface area contributed by atoms with Crippen LogP contribution in [-0.2, 0) is 9.53 Å². The second kappa shape index (κ2) is 7.62. The molecule has 0 radical (unpaired) electrons. The molecule has 1 aliphatic rings. The van der Waals surface area contributed by atoms with Crippen molar-refractivity contribution in [3.63, 3.8) is 0 Å². The molecule has 1 atom stereocenters. The minimum Gasteiger partial charge on any atom is -0.374 e. The molecule has 108 valence electrons. The van der Waals surface area contributed by atoms with Gasteiger partial charge in [0, 0.05) is 25.2 Å². The molecule has 0 saturated carbocycles. The molecule has 1 heterocycles. The number of benzene rings is 1. The van der Waals surface area contributed by atoms with Crippen LogP contribution < -0.4 is 16.0 Å². The number of morpholine rings is 1. The van der Waals surface area contributed by atoms with E-state index in [-0.39, 0.29) is 24.5 Å². The van der Waals surface area contributed by atoms with E-state index in [1.807, 2.05) is 6.07 Å². The minimum absolute atomic E-state index is 0.00229. The first-order valence-corrected chi connectivity index (χ1v) is 6.68. The Balaban J connectivity index is 1.66. The standard InChI is InChI=1S/C14H19N3O3/c18-13(16-9-12-8-15-6-7-20-12)10-17-14(19)11-4-2-1-3-5-11/h1-5,12,15H,6-10H2,(H,16,18)(H,17,19). The number of amides is 2. The number of hydrogen-bond donors (Lipinski definition) is 3. The fourth-order valence-electron chi connectivity index (χ4n) is 1.89. The number of nitrogens with one attached hydrogen (secondary N) is 3. The minimum atomic E-state index is -0.253. The summed E-state index contributed by atoms with van der Waals surface area (Å²) in [6, 6.07) is 8.80. The summed E-state index contributed by atoms with van der Waals surface area (Å²) in [7, 11) is 0. The van der Waals surface area contributed by atoms with E-state index in [1.54, 1.807) is 24.3 Å². The van der Waals surface area contributed by atoms with Crippen LogP contribution in [0, 0.1) is 0 Å². The van der Waals surface area contributed by atoms with E-state index >= 15 is 0 Å². The van der Waals surface area contributed by atoms with Gasteiger partial charge in [0.15, 0.2) is 0 Å². The average molecular weight is 277 g/mol.